The Morgan fingerprint density at radius 2 is 1.79 bits per heavy atom. The van der Waals surface area contributed by atoms with Crippen LogP contribution in [0.1, 0.15) is 58.6 Å². The second-order valence-corrected chi connectivity index (χ2v) is 8.59. The molecular formula is C25H27N3O5. The van der Waals surface area contributed by atoms with Gasteiger partial charge in [-0.1, -0.05) is 18.9 Å². The van der Waals surface area contributed by atoms with Crippen molar-refractivity contribution in [2.24, 2.45) is 0 Å². The van der Waals surface area contributed by atoms with Gasteiger partial charge in [-0.3, -0.25) is 19.8 Å². The molecule has 1 aromatic heterocycles. The van der Waals surface area contributed by atoms with E-state index in [4.69, 9.17) is 4.74 Å². The van der Waals surface area contributed by atoms with Crippen molar-refractivity contribution >= 4 is 29.9 Å². The molecule has 8 heteroatoms. The highest BCUT2D eigenvalue weighted by Gasteiger charge is 2.40. The Morgan fingerprint density at radius 1 is 1.09 bits per heavy atom. The third-order valence-corrected chi connectivity index (χ3v) is 6.46. The maximum absolute atomic E-state index is 13.1. The number of rotatable bonds is 4. The minimum absolute atomic E-state index is 0.0539. The van der Waals surface area contributed by atoms with Crippen molar-refractivity contribution in [2.45, 2.75) is 52.5 Å². The summed E-state index contributed by atoms with van der Waals surface area (Å²) in [4.78, 5) is 51.3. The van der Waals surface area contributed by atoms with E-state index >= 15 is 0 Å². The first kappa shape index (κ1) is 22.5. The molecule has 1 aliphatic heterocycles. The highest BCUT2D eigenvalue weighted by Crippen LogP contribution is 2.29. The van der Waals surface area contributed by atoms with E-state index in [1.165, 1.54) is 12.0 Å². The average Bonchev–Trinajstić information content (AvgIpc) is 3.39. The highest BCUT2D eigenvalue weighted by atomic mass is 16.5. The van der Waals surface area contributed by atoms with Gasteiger partial charge in [0.05, 0.1) is 12.7 Å². The van der Waals surface area contributed by atoms with Crippen molar-refractivity contribution < 1.29 is 23.9 Å². The van der Waals surface area contributed by atoms with Gasteiger partial charge in [0.25, 0.3) is 11.8 Å². The van der Waals surface area contributed by atoms with Gasteiger partial charge in [0.15, 0.2) is 0 Å². The van der Waals surface area contributed by atoms with Crippen LogP contribution in [0.4, 0.5) is 4.79 Å². The van der Waals surface area contributed by atoms with Gasteiger partial charge in [0.2, 0.25) is 0 Å². The summed E-state index contributed by atoms with van der Waals surface area (Å²) < 4.78 is 6.82. The summed E-state index contributed by atoms with van der Waals surface area (Å²) in [6.45, 7) is 5.74. The summed E-state index contributed by atoms with van der Waals surface area (Å²) in [7, 11) is 1.34. The minimum Gasteiger partial charge on any atom is -0.465 e. The number of amides is 4. The molecule has 0 atom stereocenters. The number of hydrogen-bond donors (Lipinski definition) is 1. The van der Waals surface area contributed by atoms with Crippen molar-refractivity contribution in [2.75, 3.05) is 7.11 Å². The van der Waals surface area contributed by atoms with Crippen molar-refractivity contribution in [1.29, 1.82) is 0 Å². The lowest BCUT2D eigenvalue weighted by Gasteiger charge is -2.31. The number of aromatic nitrogens is 1. The van der Waals surface area contributed by atoms with Crippen LogP contribution in [0.5, 0.6) is 0 Å². The van der Waals surface area contributed by atoms with E-state index in [9.17, 15) is 19.2 Å². The van der Waals surface area contributed by atoms with Gasteiger partial charge in [-0.2, -0.15) is 0 Å². The topological polar surface area (TPSA) is 97.7 Å². The minimum atomic E-state index is -0.687. The van der Waals surface area contributed by atoms with E-state index < -0.39 is 23.8 Å². The molecule has 2 aliphatic rings. The number of nitrogens with zero attached hydrogens (tertiary/aromatic N) is 2. The molecule has 4 amide bonds. The molecular weight excluding hydrogens is 422 g/mol. The van der Waals surface area contributed by atoms with Gasteiger partial charge in [-0.05, 0) is 69.0 Å². The first-order valence-corrected chi connectivity index (χ1v) is 11.0. The van der Waals surface area contributed by atoms with Crippen molar-refractivity contribution in [3.63, 3.8) is 0 Å². The molecule has 1 aromatic carbocycles. The van der Waals surface area contributed by atoms with Crippen LogP contribution in [0.2, 0.25) is 0 Å². The van der Waals surface area contributed by atoms with E-state index in [1.807, 2.05) is 37.5 Å². The van der Waals surface area contributed by atoms with Gasteiger partial charge in [-0.15, -0.1) is 0 Å². The quantitative estimate of drug-likeness (QED) is 0.437. The Hall–Kier alpha value is -3.68. The Morgan fingerprint density at radius 3 is 2.45 bits per heavy atom. The SMILES string of the molecule is COC(=O)c1ccc(C)c(-n2c(C)cc(/C=C3\C(=O)NC(=O)N(C4CCCC4)C3=O)c2C)c1. The summed E-state index contributed by atoms with van der Waals surface area (Å²) in [5.41, 5.74) is 4.49. The average molecular weight is 450 g/mol. The molecule has 1 saturated heterocycles. The largest absolute Gasteiger partial charge is 0.465 e. The van der Waals surface area contributed by atoms with Crippen LogP contribution in [0.25, 0.3) is 11.8 Å². The first-order valence-electron chi connectivity index (χ1n) is 11.0. The van der Waals surface area contributed by atoms with E-state index in [2.05, 4.69) is 5.32 Å². The maximum atomic E-state index is 13.1. The van der Waals surface area contributed by atoms with Crippen LogP contribution < -0.4 is 5.32 Å². The van der Waals surface area contributed by atoms with Crippen molar-refractivity contribution in [3.05, 3.63) is 57.9 Å². The Labute approximate surface area is 192 Å². The molecule has 0 spiro atoms. The second kappa shape index (κ2) is 8.69. The van der Waals surface area contributed by atoms with Crippen LogP contribution >= 0.6 is 0 Å². The molecule has 4 rings (SSSR count). The van der Waals surface area contributed by atoms with E-state index in [0.717, 1.165) is 48.3 Å². The summed E-state index contributed by atoms with van der Waals surface area (Å²) >= 11 is 0. The lowest BCUT2D eigenvalue weighted by atomic mass is 10.1. The number of aryl methyl sites for hydroxylation is 2. The molecule has 1 aliphatic carbocycles. The summed E-state index contributed by atoms with van der Waals surface area (Å²) in [6.07, 6.45) is 4.97. The van der Waals surface area contributed by atoms with Crippen LogP contribution in [0.15, 0.2) is 29.8 Å². The Balaban J connectivity index is 1.75. The van der Waals surface area contributed by atoms with Gasteiger partial charge in [0, 0.05) is 23.1 Å². The smallest absolute Gasteiger partial charge is 0.337 e. The molecule has 2 heterocycles. The number of carbonyl (C=O) groups excluding carboxylic acids is 4. The van der Waals surface area contributed by atoms with Crippen LogP contribution in [-0.2, 0) is 14.3 Å². The number of carbonyl (C=O) groups is 4. The fraction of sp³-hybridized carbons (Fsp3) is 0.360. The third kappa shape index (κ3) is 3.97. The molecule has 2 aromatic rings. The molecule has 33 heavy (non-hydrogen) atoms. The fourth-order valence-corrected chi connectivity index (χ4v) is 4.72. The molecule has 0 unspecified atom stereocenters. The molecule has 8 nitrogen and oxygen atoms in total. The van der Waals surface area contributed by atoms with Crippen molar-refractivity contribution in [1.82, 2.24) is 14.8 Å². The summed E-state index contributed by atoms with van der Waals surface area (Å²) in [5.74, 6) is -1.67. The number of hydrogen-bond acceptors (Lipinski definition) is 5. The predicted octanol–water partition coefficient (Wildman–Crippen LogP) is 3.59. The molecule has 172 valence electrons. The number of benzene rings is 1. The predicted molar refractivity (Wildman–Crippen MR) is 122 cm³/mol. The number of urea groups is 1. The zero-order valence-electron chi connectivity index (χ0n) is 19.2. The number of imide groups is 2. The molecule has 1 N–H and O–H groups in total. The number of barbiturate groups is 1. The zero-order chi connectivity index (χ0) is 23.9. The number of methoxy groups -OCH3 is 1. The van der Waals surface area contributed by atoms with Crippen molar-refractivity contribution in [3.8, 4) is 5.69 Å². The maximum Gasteiger partial charge on any atom is 0.337 e. The number of nitrogens with one attached hydrogen (secondary N) is 1. The normalized spacial score (nSPS) is 18.2. The van der Waals surface area contributed by atoms with Gasteiger partial charge < -0.3 is 9.30 Å². The Kier molecular flexibility index (Phi) is 5.93. The highest BCUT2D eigenvalue weighted by molar-refractivity contribution is 6.31. The van der Waals surface area contributed by atoms with Crippen LogP contribution in [0.3, 0.4) is 0 Å². The van der Waals surface area contributed by atoms with Gasteiger partial charge >= 0.3 is 12.0 Å². The van der Waals surface area contributed by atoms with E-state index in [0.29, 0.717) is 11.1 Å². The second-order valence-electron chi connectivity index (χ2n) is 8.59. The molecule has 0 radical (unpaired) electrons. The van der Waals surface area contributed by atoms with E-state index in [-0.39, 0.29) is 11.6 Å². The van der Waals surface area contributed by atoms with Gasteiger partial charge in [0.1, 0.15) is 5.57 Å². The lowest BCUT2D eigenvalue weighted by Crippen LogP contribution is -2.57. The first-order chi connectivity index (χ1) is 15.7. The molecule has 0 bridgehead atoms. The van der Waals surface area contributed by atoms with Gasteiger partial charge in [-0.25, -0.2) is 9.59 Å². The number of ether oxygens (including phenoxy) is 1. The number of esters is 1. The summed E-state index contributed by atoms with van der Waals surface area (Å²) in [6, 6.07) is 6.38. The lowest BCUT2D eigenvalue weighted by molar-refractivity contribution is -0.131. The molecule has 2 fully saturated rings. The van der Waals surface area contributed by atoms with Crippen LogP contribution in [-0.4, -0.2) is 46.4 Å². The molecule has 1 saturated carbocycles. The summed E-state index contributed by atoms with van der Waals surface area (Å²) in [5, 5.41) is 2.32. The Bertz CT molecular complexity index is 1200. The van der Waals surface area contributed by atoms with E-state index in [1.54, 1.807) is 18.2 Å². The van der Waals surface area contributed by atoms with Crippen LogP contribution in [0, 0.1) is 20.8 Å². The monoisotopic (exact) mass is 449 g/mol. The zero-order valence-corrected chi connectivity index (χ0v) is 19.2. The third-order valence-electron chi connectivity index (χ3n) is 6.46. The fourth-order valence-electron chi connectivity index (χ4n) is 4.72. The standard InChI is InChI=1S/C25H27N3O5/c1-14-9-10-17(24(31)33-4)13-21(14)27-15(2)11-18(16(27)3)12-20-22(29)26-25(32)28(23(20)30)19-7-5-6-8-19/h9-13,19H,5-8H2,1-4H3,(H,26,29,32)/b20-12+.